The van der Waals surface area contributed by atoms with Gasteiger partial charge in [0.25, 0.3) is 0 Å². The number of methoxy groups -OCH3 is 1. The smallest absolute Gasteiger partial charge is 0.316 e. The minimum Gasteiger partial charge on any atom is -0.467 e. The third kappa shape index (κ3) is 3.80. The second-order valence-electron chi connectivity index (χ2n) is 3.80. The number of aromatic nitrogens is 2. The minimum atomic E-state index is -0.293. The minimum absolute atomic E-state index is 0.245. The molecule has 1 N–H and O–H groups in total. The molecule has 0 aliphatic rings. The van der Waals surface area contributed by atoms with Crippen LogP contribution in [0.5, 0.6) is 6.01 Å². The van der Waals surface area contributed by atoms with Crippen LogP contribution in [0.2, 0.25) is 5.02 Å². The molecule has 1 aromatic carbocycles. The van der Waals surface area contributed by atoms with Crippen LogP contribution in [0, 0.1) is 0 Å². The van der Waals surface area contributed by atoms with E-state index >= 15 is 0 Å². The summed E-state index contributed by atoms with van der Waals surface area (Å²) in [6, 6.07) is 7.50. The van der Waals surface area contributed by atoms with Crippen LogP contribution in [-0.4, -0.2) is 23.0 Å². The number of carbonyl (C=O) groups excluding carboxylic acids is 1. The summed E-state index contributed by atoms with van der Waals surface area (Å²) in [5.74, 6) is -0.293. The quantitative estimate of drug-likeness (QED) is 0.879. The Morgan fingerprint density at radius 3 is 2.65 bits per heavy atom. The van der Waals surface area contributed by atoms with Crippen molar-refractivity contribution in [3.63, 3.8) is 0 Å². The molecule has 0 radical (unpaired) electrons. The first-order valence-corrected chi connectivity index (χ1v) is 6.16. The fraction of sp³-hybridized carbons (Fsp3) is 0.0714. The summed E-state index contributed by atoms with van der Waals surface area (Å²) < 4.78 is 4.83. The lowest BCUT2D eigenvalue weighted by Crippen LogP contribution is -2.08. The van der Waals surface area contributed by atoms with Gasteiger partial charge in [-0.25, -0.2) is 9.97 Å². The van der Waals surface area contributed by atoms with Crippen molar-refractivity contribution in [2.24, 2.45) is 0 Å². The standard InChI is InChI=1S/C14H12ClN3O2/c1-20-14-16-8-11(9-17-14)18-13(19)7-6-10-4-2-3-5-12(10)15/h2-9H,1H3,(H,18,19)/b7-6+. The first kappa shape index (κ1) is 14.0. The number of amides is 1. The molecule has 0 saturated carbocycles. The molecular weight excluding hydrogens is 278 g/mol. The molecular formula is C14H12ClN3O2. The Morgan fingerprint density at radius 2 is 2.00 bits per heavy atom. The van der Waals surface area contributed by atoms with E-state index in [4.69, 9.17) is 16.3 Å². The number of halogens is 1. The van der Waals surface area contributed by atoms with E-state index in [1.165, 1.54) is 25.6 Å². The van der Waals surface area contributed by atoms with E-state index in [1.807, 2.05) is 18.2 Å². The third-order valence-corrected chi connectivity index (χ3v) is 2.74. The molecule has 0 aliphatic heterocycles. The maximum atomic E-state index is 11.7. The monoisotopic (exact) mass is 289 g/mol. The SMILES string of the molecule is COc1ncc(NC(=O)/C=C/c2ccccc2Cl)cn1. The second kappa shape index (κ2) is 6.68. The molecule has 0 atom stereocenters. The summed E-state index contributed by atoms with van der Waals surface area (Å²) >= 11 is 5.98. The number of hydrogen-bond acceptors (Lipinski definition) is 4. The van der Waals surface area contributed by atoms with Gasteiger partial charge in [-0.05, 0) is 17.7 Å². The van der Waals surface area contributed by atoms with Gasteiger partial charge in [-0.15, -0.1) is 0 Å². The van der Waals surface area contributed by atoms with Crippen LogP contribution < -0.4 is 10.1 Å². The van der Waals surface area contributed by atoms with Crippen LogP contribution in [0.25, 0.3) is 6.08 Å². The number of anilines is 1. The molecule has 1 heterocycles. The Bertz CT molecular complexity index is 627. The predicted molar refractivity (Wildman–Crippen MR) is 77.7 cm³/mol. The first-order chi connectivity index (χ1) is 9.69. The molecule has 2 rings (SSSR count). The maximum absolute atomic E-state index is 11.7. The van der Waals surface area contributed by atoms with Crippen LogP contribution in [0.4, 0.5) is 5.69 Å². The summed E-state index contributed by atoms with van der Waals surface area (Å²) in [5.41, 5.74) is 1.26. The molecule has 0 spiro atoms. The highest BCUT2D eigenvalue weighted by Gasteiger charge is 2.01. The van der Waals surface area contributed by atoms with Crippen molar-refractivity contribution in [2.45, 2.75) is 0 Å². The zero-order valence-electron chi connectivity index (χ0n) is 10.7. The van der Waals surface area contributed by atoms with Crippen LogP contribution in [0.1, 0.15) is 5.56 Å². The molecule has 6 heteroatoms. The van der Waals surface area contributed by atoms with Gasteiger partial charge in [0.2, 0.25) is 5.91 Å². The fourth-order valence-corrected chi connectivity index (χ4v) is 1.64. The molecule has 0 aliphatic carbocycles. The Labute approximate surface area is 121 Å². The number of benzene rings is 1. The van der Waals surface area contributed by atoms with Gasteiger partial charge in [-0.1, -0.05) is 29.8 Å². The van der Waals surface area contributed by atoms with Crippen molar-refractivity contribution >= 4 is 29.3 Å². The van der Waals surface area contributed by atoms with E-state index in [2.05, 4.69) is 15.3 Å². The van der Waals surface area contributed by atoms with E-state index in [-0.39, 0.29) is 11.9 Å². The van der Waals surface area contributed by atoms with Gasteiger partial charge in [0, 0.05) is 11.1 Å². The van der Waals surface area contributed by atoms with Crippen LogP contribution >= 0.6 is 11.6 Å². The van der Waals surface area contributed by atoms with Crippen LogP contribution in [-0.2, 0) is 4.79 Å². The summed E-state index contributed by atoms with van der Waals surface area (Å²) in [4.78, 5) is 19.5. The van der Waals surface area contributed by atoms with Crippen molar-refractivity contribution < 1.29 is 9.53 Å². The molecule has 0 bridgehead atoms. The largest absolute Gasteiger partial charge is 0.467 e. The van der Waals surface area contributed by atoms with Crippen LogP contribution in [0.3, 0.4) is 0 Å². The highest BCUT2D eigenvalue weighted by molar-refractivity contribution is 6.32. The number of nitrogens with one attached hydrogen (secondary N) is 1. The molecule has 102 valence electrons. The Kier molecular flexibility index (Phi) is 4.68. The van der Waals surface area contributed by atoms with E-state index in [0.29, 0.717) is 10.7 Å². The van der Waals surface area contributed by atoms with Gasteiger partial charge < -0.3 is 10.1 Å². The van der Waals surface area contributed by atoms with Gasteiger partial charge in [-0.3, -0.25) is 4.79 Å². The summed E-state index contributed by atoms with van der Waals surface area (Å²) in [5, 5.41) is 3.22. The predicted octanol–water partition coefficient (Wildman–Crippen LogP) is 2.79. The highest BCUT2D eigenvalue weighted by Crippen LogP contribution is 2.16. The normalized spacial score (nSPS) is 10.5. The van der Waals surface area contributed by atoms with Gasteiger partial charge in [-0.2, -0.15) is 0 Å². The summed E-state index contributed by atoms with van der Waals surface area (Å²) in [7, 11) is 1.47. The molecule has 0 unspecified atom stereocenters. The molecule has 0 fully saturated rings. The van der Waals surface area contributed by atoms with Crippen molar-refractivity contribution in [1.29, 1.82) is 0 Å². The van der Waals surface area contributed by atoms with E-state index in [0.717, 1.165) is 5.56 Å². The lowest BCUT2D eigenvalue weighted by atomic mass is 10.2. The molecule has 20 heavy (non-hydrogen) atoms. The Morgan fingerprint density at radius 1 is 1.30 bits per heavy atom. The van der Waals surface area contributed by atoms with Crippen molar-refractivity contribution in [2.75, 3.05) is 12.4 Å². The zero-order chi connectivity index (χ0) is 14.4. The van der Waals surface area contributed by atoms with E-state index in [1.54, 1.807) is 12.1 Å². The summed E-state index contributed by atoms with van der Waals surface area (Å²) in [6.07, 6.45) is 5.97. The highest BCUT2D eigenvalue weighted by atomic mass is 35.5. The lowest BCUT2D eigenvalue weighted by Gasteiger charge is -2.02. The van der Waals surface area contributed by atoms with Gasteiger partial charge in [0.05, 0.1) is 25.2 Å². The third-order valence-electron chi connectivity index (χ3n) is 2.40. The van der Waals surface area contributed by atoms with E-state index in [9.17, 15) is 4.79 Å². The topological polar surface area (TPSA) is 64.1 Å². The molecule has 5 nitrogen and oxygen atoms in total. The average molecular weight is 290 g/mol. The lowest BCUT2D eigenvalue weighted by molar-refractivity contribution is -0.111. The fourth-order valence-electron chi connectivity index (χ4n) is 1.45. The number of nitrogens with zero attached hydrogens (tertiary/aromatic N) is 2. The van der Waals surface area contributed by atoms with E-state index < -0.39 is 0 Å². The molecule has 1 amide bonds. The van der Waals surface area contributed by atoms with Crippen molar-refractivity contribution in [3.8, 4) is 6.01 Å². The number of hydrogen-bond donors (Lipinski definition) is 1. The van der Waals surface area contributed by atoms with Gasteiger partial charge >= 0.3 is 6.01 Å². The Balaban J connectivity index is 2.00. The summed E-state index contributed by atoms with van der Waals surface area (Å²) in [6.45, 7) is 0. The number of ether oxygens (including phenoxy) is 1. The molecule has 1 aromatic heterocycles. The van der Waals surface area contributed by atoms with Gasteiger partial charge in [0.15, 0.2) is 0 Å². The maximum Gasteiger partial charge on any atom is 0.316 e. The van der Waals surface area contributed by atoms with Gasteiger partial charge in [0.1, 0.15) is 0 Å². The average Bonchev–Trinajstić information content (AvgIpc) is 2.47. The molecule has 0 saturated heterocycles. The first-order valence-electron chi connectivity index (χ1n) is 5.78. The Hall–Kier alpha value is -2.40. The van der Waals surface area contributed by atoms with Crippen molar-refractivity contribution in [1.82, 2.24) is 9.97 Å². The number of rotatable bonds is 4. The molecule has 2 aromatic rings. The number of carbonyl (C=O) groups is 1. The second-order valence-corrected chi connectivity index (χ2v) is 4.21. The van der Waals surface area contributed by atoms with Crippen LogP contribution in [0.15, 0.2) is 42.7 Å². The van der Waals surface area contributed by atoms with Crippen molar-refractivity contribution in [3.05, 3.63) is 53.3 Å². The zero-order valence-corrected chi connectivity index (χ0v) is 11.5.